The minimum atomic E-state index is -0.237. The summed E-state index contributed by atoms with van der Waals surface area (Å²) in [6, 6.07) is 10.0. The molecule has 114 valence electrons. The first kappa shape index (κ1) is 17.2. The molecule has 0 saturated heterocycles. The van der Waals surface area contributed by atoms with Crippen molar-refractivity contribution in [3.05, 3.63) is 42.0 Å². The molecule has 0 N–H and O–H groups in total. The third-order valence-electron chi connectivity index (χ3n) is 3.26. The van der Waals surface area contributed by atoms with Crippen LogP contribution in [0.2, 0.25) is 0 Å². The Labute approximate surface area is 127 Å². The molecule has 0 aliphatic carbocycles. The van der Waals surface area contributed by atoms with E-state index in [1.165, 1.54) is 6.92 Å². The second-order valence-electron chi connectivity index (χ2n) is 5.40. The number of rotatable bonds is 8. The van der Waals surface area contributed by atoms with E-state index in [9.17, 15) is 9.59 Å². The molecule has 1 aromatic carbocycles. The number of Topliss-reactive ketones (excluding diaryl/α,β-unsaturated/α-hetero) is 1. The summed E-state index contributed by atoms with van der Waals surface area (Å²) in [6.07, 6.45) is 5.26. The summed E-state index contributed by atoms with van der Waals surface area (Å²) in [5.41, 5.74) is 1.12. The fourth-order valence-corrected chi connectivity index (χ4v) is 2.27. The van der Waals surface area contributed by atoms with Gasteiger partial charge in [0.05, 0.1) is 0 Å². The Kier molecular flexibility index (Phi) is 7.44. The van der Waals surface area contributed by atoms with Crippen molar-refractivity contribution >= 4 is 17.8 Å². The maximum atomic E-state index is 12.4. The van der Waals surface area contributed by atoms with Crippen molar-refractivity contribution in [1.29, 1.82) is 0 Å². The van der Waals surface area contributed by atoms with Gasteiger partial charge in [-0.15, -0.1) is 0 Å². The van der Waals surface area contributed by atoms with Gasteiger partial charge in [-0.25, -0.2) is 0 Å². The van der Waals surface area contributed by atoms with E-state index >= 15 is 0 Å². The van der Waals surface area contributed by atoms with Crippen molar-refractivity contribution < 1.29 is 9.59 Å². The van der Waals surface area contributed by atoms with Gasteiger partial charge in [0.1, 0.15) is 5.78 Å². The first-order valence-electron chi connectivity index (χ1n) is 7.54. The van der Waals surface area contributed by atoms with E-state index in [0.29, 0.717) is 13.0 Å². The first-order valence-corrected chi connectivity index (χ1v) is 7.54. The predicted octanol–water partition coefficient (Wildman–Crippen LogP) is 3.55. The van der Waals surface area contributed by atoms with E-state index in [1.54, 1.807) is 0 Å². The normalized spacial score (nSPS) is 12.3. The van der Waals surface area contributed by atoms with Crippen molar-refractivity contribution in [2.75, 3.05) is 13.1 Å². The Bertz CT molecular complexity index is 479. The Morgan fingerprint density at radius 2 is 1.90 bits per heavy atom. The van der Waals surface area contributed by atoms with Gasteiger partial charge in [0.2, 0.25) is 5.91 Å². The van der Waals surface area contributed by atoms with Crippen LogP contribution in [0.4, 0.5) is 0 Å². The standard InChI is InChI=1S/C18H25NO2/c1-4-12-19(18(21)15(2)14-16(3)20)13-8-11-17-9-6-5-7-10-17/h5-11,15H,4,12-14H2,1-3H3/b11-8+/t15-/m1/s1. The lowest BCUT2D eigenvalue weighted by Crippen LogP contribution is -2.36. The number of carbonyl (C=O) groups excluding carboxylic acids is 2. The van der Waals surface area contributed by atoms with Crippen LogP contribution in [0.1, 0.15) is 39.2 Å². The number of hydrogen-bond acceptors (Lipinski definition) is 2. The third kappa shape index (κ3) is 6.39. The molecular formula is C18H25NO2. The van der Waals surface area contributed by atoms with Crippen LogP contribution in [0.5, 0.6) is 0 Å². The second-order valence-corrected chi connectivity index (χ2v) is 5.40. The Morgan fingerprint density at radius 1 is 1.24 bits per heavy atom. The Morgan fingerprint density at radius 3 is 2.48 bits per heavy atom. The summed E-state index contributed by atoms with van der Waals surface area (Å²) in [5, 5.41) is 0. The molecule has 0 bridgehead atoms. The molecule has 0 aromatic heterocycles. The number of carbonyl (C=O) groups is 2. The molecule has 1 atom stereocenters. The van der Waals surface area contributed by atoms with Crippen molar-refractivity contribution in [3.63, 3.8) is 0 Å². The average Bonchev–Trinajstić information content (AvgIpc) is 2.46. The number of ketones is 1. The molecular weight excluding hydrogens is 262 g/mol. The summed E-state index contributed by atoms with van der Waals surface area (Å²) in [6.45, 7) is 6.72. The molecule has 1 rings (SSSR count). The quantitative estimate of drug-likeness (QED) is 0.733. The van der Waals surface area contributed by atoms with Gasteiger partial charge >= 0.3 is 0 Å². The lowest BCUT2D eigenvalue weighted by molar-refractivity contribution is -0.136. The number of benzene rings is 1. The van der Waals surface area contributed by atoms with Crippen LogP contribution < -0.4 is 0 Å². The molecule has 1 aromatic rings. The van der Waals surface area contributed by atoms with Gasteiger partial charge < -0.3 is 9.69 Å². The molecule has 0 aliphatic rings. The minimum Gasteiger partial charge on any atom is -0.339 e. The smallest absolute Gasteiger partial charge is 0.226 e. The van der Waals surface area contributed by atoms with Crippen LogP contribution >= 0.6 is 0 Å². The second kappa shape index (κ2) is 9.11. The van der Waals surface area contributed by atoms with Gasteiger partial charge in [0, 0.05) is 25.4 Å². The molecule has 0 heterocycles. The highest BCUT2D eigenvalue weighted by Gasteiger charge is 2.20. The zero-order valence-electron chi connectivity index (χ0n) is 13.2. The van der Waals surface area contributed by atoms with E-state index in [4.69, 9.17) is 0 Å². The van der Waals surface area contributed by atoms with Crippen LogP contribution in [-0.2, 0) is 9.59 Å². The van der Waals surface area contributed by atoms with Crippen molar-refractivity contribution in [2.24, 2.45) is 5.92 Å². The first-order chi connectivity index (χ1) is 10.0. The fourth-order valence-electron chi connectivity index (χ4n) is 2.27. The van der Waals surface area contributed by atoms with E-state index in [1.807, 2.05) is 54.3 Å². The van der Waals surface area contributed by atoms with Crippen LogP contribution in [0.25, 0.3) is 6.08 Å². The van der Waals surface area contributed by atoms with Gasteiger partial charge in [0.25, 0.3) is 0 Å². The average molecular weight is 287 g/mol. The Hall–Kier alpha value is -1.90. The van der Waals surface area contributed by atoms with Gasteiger partial charge in [-0.1, -0.05) is 56.3 Å². The predicted molar refractivity (Wildman–Crippen MR) is 86.8 cm³/mol. The summed E-state index contributed by atoms with van der Waals surface area (Å²) in [7, 11) is 0. The van der Waals surface area contributed by atoms with E-state index in [0.717, 1.165) is 18.5 Å². The molecule has 0 spiro atoms. The maximum absolute atomic E-state index is 12.4. The topological polar surface area (TPSA) is 37.4 Å². The number of nitrogens with zero attached hydrogens (tertiary/aromatic N) is 1. The highest BCUT2D eigenvalue weighted by atomic mass is 16.2. The monoisotopic (exact) mass is 287 g/mol. The number of amides is 1. The lowest BCUT2D eigenvalue weighted by atomic mass is 10.0. The zero-order chi connectivity index (χ0) is 15.7. The molecule has 0 radical (unpaired) electrons. The van der Waals surface area contributed by atoms with E-state index in [-0.39, 0.29) is 17.6 Å². The minimum absolute atomic E-state index is 0.0600. The van der Waals surface area contributed by atoms with Gasteiger partial charge in [-0.3, -0.25) is 4.79 Å². The molecule has 0 fully saturated rings. The fraction of sp³-hybridized carbons (Fsp3) is 0.444. The van der Waals surface area contributed by atoms with Crippen LogP contribution in [0.3, 0.4) is 0 Å². The summed E-state index contributed by atoms with van der Waals surface area (Å²) >= 11 is 0. The van der Waals surface area contributed by atoms with Gasteiger partial charge in [-0.2, -0.15) is 0 Å². The van der Waals surface area contributed by atoms with Gasteiger partial charge in [0.15, 0.2) is 0 Å². The molecule has 3 nitrogen and oxygen atoms in total. The maximum Gasteiger partial charge on any atom is 0.226 e. The summed E-state index contributed by atoms with van der Waals surface area (Å²) in [5.74, 6) is -0.115. The van der Waals surface area contributed by atoms with Crippen molar-refractivity contribution in [3.8, 4) is 0 Å². The molecule has 3 heteroatoms. The third-order valence-corrected chi connectivity index (χ3v) is 3.26. The molecule has 21 heavy (non-hydrogen) atoms. The molecule has 0 aliphatic heterocycles. The highest BCUT2D eigenvalue weighted by Crippen LogP contribution is 2.09. The van der Waals surface area contributed by atoms with Crippen molar-refractivity contribution in [1.82, 2.24) is 4.90 Å². The van der Waals surface area contributed by atoms with Crippen LogP contribution in [0, 0.1) is 5.92 Å². The molecule has 0 saturated carbocycles. The van der Waals surface area contributed by atoms with Crippen LogP contribution in [-0.4, -0.2) is 29.7 Å². The van der Waals surface area contributed by atoms with E-state index in [2.05, 4.69) is 6.92 Å². The van der Waals surface area contributed by atoms with Crippen molar-refractivity contribution in [2.45, 2.75) is 33.6 Å². The molecule has 1 amide bonds. The molecule has 0 unspecified atom stereocenters. The summed E-state index contributed by atoms with van der Waals surface area (Å²) < 4.78 is 0. The zero-order valence-corrected chi connectivity index (χ0v) is 13.2. The lowest BCUT2D eigenvalue weighted by Gasteiger charge is -2.23. The van der Waals surface area contributed by atoms with E-state index < -0.39 is 0 Å². The highest BCUT2D eigenvalue weighted by molar-refractivity contribution is 5.85. The SMILES string of the molecule is CCCN(C/C=C/c1ccccc1)C(=O)[C@H](C)CC(C)=O. The largest absolute Gasteiger partial charge is 0.339 e. The van der Waals surface area contributed by atoms with Crippen LogP contribution in [0.15, 0.2) is 36.4 Å². The Balaban J connectivity index is 2.62. The number of hydrogen-bond donors (Lipinski definition) is 0. The van der Waals surface area contributed by atoms with Gasteiger partial charge in [-0.05, 0) is 18.9 Å². The summed E-state index contributed by atoms with van der Waals surface area (Å²) in [4.78, 5) is 25.3.